The number of nitrogens with one attached hydrogen (secondary N) is 1. The molecule has 3 rings (SSSR count). The van der Waals surface area contributed by atoms with E-state index in [1.54, 1.807) is 16.4 Å². The molecule has 1 amide bonds. The molecule has 1 aromatic carbocycles. The van der Waals surface area contributed by atoms with Gasteiger partial charge in [-0.05, 0) is 56.8 Å². The summed E-state index contributed by atoms with van der Waals surface area (Å²) in [7, 11) is -1.41. The number of hydrogen-bond donors (Lipinski definition) is 1. The normalized spacial score (nSPS) is 19.2. The van der Waals surface area contributed by atoms with Gasteiger partial charge in [0.05, 0.1) is 4.90 Å². The Morgan fingerprint density at radius 2 is 1.64 bits per heavy atom. The van der Waals surface area contributed by atoms with Crippen molar-refractivity contribution in [1.29, 1.82) is 0 Å². The minimum atomic E-state index is -3.38. The second kappa shape index (κ2) is 10.6. The summed E-state index contributed by atoms with van der Waals surface area (Å²) in [6.07, 6.45) is 6.11. The van der Waals surface area contributed by atoms with Crippen LogP contribution in [-0.2, 0) is 21.2 Å². The number of nitrogens with zero attached hydrogens (tertiary/aromatic N) is 2. The summed E-state index contributed by atoms with van der Waals surface area (Å²) in [5.74, 6) is 0.189. The molecule has 2 aliphatic rings. The van der Waals surface area contributed by atoms with Gasteiger partial charge < -0.3 is 10.2 Å². The Balaban J connectivity index is 0.00000280. The van der Waals surface area contributed by atoms with Gasteiger partial charge in [0.15, 0.2) is 0 Å². The maximum absolute atomic E-state index is 12.7. The van der Waals surface area contributed by atoms with E-state index in [4.69, 9.17) is 0 Å². The predicted octanol–water partition coefficient (Wildman–Crippen LogP) is 2.43. The third kappa shape index (κ3) is 5.69. The first kappa shape index (κ1) is 23.1. The summed E-state index contributed by atoms with van der Waals surface area (Å²) >= 11 is 0. The molecule has 2 aliphatic heterocycles. The van der Waals surface area contributed by atoms with Crippen molar-refractivity contribution >= 4 is 28.3 Å². The number of aryl methyl sites for hydroxylation is 1. The zero-order valence-corrected chi connectivity index (χ0v) is 18.2. The molecule has 6 nitrogen and oxygen atoms in total. The van der Waals surface area contributed by atoms with Crippen molar-refractivity contribution in [1.82, 2.24) is 14.5 Å². The molecule has 28 heavy (non-hydrogen) atoms. The minimum absolute atomic E-state index is 0. The van der Waals surface area contributed by atoms with Crippen LogP contribution in [0.5, 0.6) is 0 Å². The van der Waals surface area contributed by atoms with Crippen LogP contribution >= 0.6 is 12.4 Å². The smallest absolute Gasteiger partial charge is 0.243 e. The second-order valence-electron chi connectivity index (χ2n) is 7.55. The Kier molecular flexibility index (Phi) is 8.74. The number of halogens is 1. The molecule has 0 unspecified atom stereocenters. The Hall–Kier alpha value is -1.15. The fourth-order valence-corrected chi connectivity index (χ4v) is 5.43. The van der Waals surface area contributed by atoms with Gasteiger partial charge >= 0.3 is 0 Å². The molecular formula is C20H32ClN3O3S. The number of hydrogen-bond acceptors (Lipinski definition) is 4. The number of carbonyl (C=O) groups is 1. The second-order valence-corrected chi connectivity index (χ2v) is 9.49. The van der Waals surface area contributed by atoms with Gasteiger partial charge in [-0.3, -0.25) is 4.79 Å². The molecule has 2 heterocycles. The summed E-state index contributed by atoms with van der Waals surface area (Å²) < 4.78 is 27.0. The predicted molar refractivity (Wildman–Crippen MR) is 113 cm³/mol. The molecular weight excluding hydrogens is 398 g/mol. The van der Waals surface area contributed by atoms with E-state index in [0.717, 1.165) is 50.8 Å². The van der Waals surface area contributed by atoms with E-state index in [0.29, 0.717) is 36.9 Å². The number of piperidine rings is 2. The first-order chi connectivity index (χ1) is 13.0. The number of likely N-dealkylation sites (tertiary alicyclic amines) is 1. The molecule has 1 N–H and O–H groups in total. The fraction of sp³-hybridized carbons (Fsp3) is 0.650. The van der Waals surface area contributed by atoms with Crippen LogP contribution in [0.4, 0.5) is 0 Å². The van der Waals surface area contributed by atoms with E-state index < -0.39 is 10.0 Å². The molecule has 158 valence electrons. The molecule has 0 aliphatic carbocycles. The third-order valence-corrected chi connectivity index (χ3v) is 7.67. The van der Waals surface area contributed by atoms with Gasteiger partial charge in [0.2, 0.25) is 15.9 Å². The first-order valence-electron chi connectivity index (χ1n) is 10.0. The molecule has 2 saturated heterocycles. The van der Waals surface area contributed by atoms with Gasteiger partial charge in [0.25, 0.3) is 0 Å². The standard InChI is InChI=1S/C20H31N3O3S.ClH/c1-21-18-11-15-22(16-12-18)20(24)10-7-17-5-8-19(9-6-17)27(25,26)23-13-3-2-4-14-23;/h5-6,8-9,18,21H,2-4,7,10-16H2,1H3;1H. The van der Waals surface area contributed by atoms with E-state index in [2.05, 4.69) is 5.32 Å². The lowest BCUT2D eigenvalue weighted by Gasteiger charge is -2.31. The van der Waals surface area contributed by atoms with Crippen molar-refractivity contribution in [3.05, 3.63) is 29.8 Å². The summed E-state index contributed by atoms with van der Waals surface area (Å²) in [4.78, 5) is 14.7. The number of sulfonamides is 1. The molecule has 0 atom stereocenters. The van der Waals surface area contributed by atoms with Crippen molar-refractivity contribution in [2.75, 3.05) is 33.2 Å². The Morgan fingerprint density at radius 1 is 1.04 bits per heavy atom. The van der Waals surface area contributed by atoms with Gasteiger partial charge in [-0.1, -0.05) is 18.6 Å². The van der Waals surface area contributed by atoms with E-state index in [1.165, 1.54) is 0 Å². The molecule has 0 aromatic heterocycles. The molecule has 0 saturated carbocycles. The SMILES string of the molecule is CNC1CCN(C(=O)CCc2ccc(S(=O)(=O)N3CCCCC3)cc2)CC1.Cl. The highest BCUT2D eigenvalue weighted by molar-refractivity contribution is 7.89. The fourth-order valence-electron chi connectivity index (χ4n) is 3.91. The number of carbonyl (C=O) groups excluding carboxylic acids is 1. The Morgan fingerprint density at radius 3 is 2.21 bits per heavy atom. The van der Waals surface area contributed by atoms with Crippen LogP contribution in [0.25, 0.3) is 0 Å². The molecule has 8 heteroatoms. The summed E-state index contributed by atoms with van der Waals surface area (Å²) in [5.41, 5.74) is 1.01. The average Bonchev–Trinajstić information content (AvgIpc) is 2.73. The van der Waals surface area contributed by atoms with E-state index in [-0.39, 0.29) is 18.3 Å². The van der Waals surface area contributed by atoms with Gasteiger partial charge in [-0.15, -0.1) is 12.4 Å². The van der Waals surface area contributed by atoms with Crippen LogP contribution in [0.3, 0.4) is 0 Å². The van der Waals surface area contributed by atoms with Crippen LogP contribution in [-0.4, -0.2) is 62.8 Å². The lowest BCUT2D eigenvalue weighted by molar-refractivity contribution is -0.132. The number of amides is 1. The largest absolute Gasteiger partial charge is 0.343 e. The van der Waals surface area contributed by atoms with Gasteiger partial charge in [-0.25, -0.2) is 8.42 Å². The molecule has 0 radical (unpaired) electrons. The lowest BCUT2D eigenvalue weighted by Crippen LogP contribution is -2.44. The highest BCUT2D eigenvalue weighted by Gasteiger charge is 2.26. The minimum Gasteiger partial charge on any atom is -0.343 e. The van der Waals surface area contributed by atoms with E-state index >= 15 is 0 Å². The highest BCUT2D eigenvalue weighted by atomic mass is 35.5. The van der Waals surface area contributed by atoms with Crippen molar-refractivity contribution in [2.24, 2.45) is 0 Å². The molecule has 2 fully saturated rings. The van der Waals surface area contributed by atoms with Crippen LogP contribution in [0, 0.1) is 0 Å². The van der Waals surface area contributed by atoms with Gasteiger partial charge in [0.1, 0.15) is 0 Å². The van der Waals surface area contributed by atoms with Crippen LogP contribution in [0.1, 0.15) is 44.1 Å². The molecule has 0 spiro atoms. The molecule has 1 aromatic rings. The quantitative estimate of drug-likeness (QED) is 0.753. The average molecular weight is 430 g/mol. The highest BCUT2D eigenvalue weighted by Crippen LogP contribution is 2.21. The Labute approximate surface area is 175 Å². The summed E-state index contributed by atoms with van der Waals surface area (Å²) in [6, 6.07) is 7.57. The number of benzene rings is 1. The van der Waals surface area contributed by atoms with E-state index in [1.807, 2.05) is 24.1 Å². The topological polar surface area (TPSA) is 69.7 Å². The van der Waals surface area contributed by atoms with Crippen LogP contribution < -0.4 is 5.32 Å². The zero-order valence-electron chi connectivity index (χ0n) is 16.6. The van der Waals surface area contributed by atoms with Crippen LogP contribution in [0.2, 0.25) is 0 Å². The third-order valence-electron chi connectivity index (χ3n) is 5.76. The summed E-state index contributed by atoms with van der Waals surface area (Å²) in [5, 5.41) is 3.27. The van der Waals surface area contributed by atoms with Gasteiger partial charge in [-0.2, -0.15) is 4.31 Å². The van der Waals surface area contributed by atoms with Crippen molar-refractivity contribution in [2.45, 2.75) is 55.9 Å². The summed E-state index contributed by atoms with van der Waals surface area (Å²) in [6.45, 7) is 2.86. The van der Waals surface area contributed by atoms with Crippen molar-refractivity contribution < 1.29 is 13.2 Å². The Bertz CT molecular complexity index is 726. The molecule has 0 bridgehead atoms. The maximum atomic E-state index is 12.7. The lowest BCUT2D eigenvalue weighted by atomic mass is 10.0. The number of rotatable bonds is 6. The monoisotopic (exact) mass is 429 g/mol. The maximum Gasteiger partial charge on any atom is 0.243 e. The van der Waals surface area contributed by atoms with Crippen LogP contribution in [0.15, 0.2) is 29.2 Å². The van der Waals surface area contributed by atoms with Crippen molar-refractivity contribution in [3.8, 4) is 0 Å². The van der Waals surface area contributed by atoms with E-state index in [9.17, 15) is 13.2 Å². The van der Waals surface area contributed by atoms with Crippen molar-refractivity contribution in [3.63, 3.8) is 0 Å². The van der Waals surface area contributed by atoms with Gasteiger partial charge in [0, 0.05) is 38.6 Å². The zero-order chi connectivity index (χ0) is 19.3. The first-order valence-corrected chi connectivity index (χ1v) is 11.5.